The first kappa shape index (κ1) is 13.8. The van der Waals surface area contributed by atoms with Crippen LogP contribution in [0, 0.1) is 11.8 Å². The first-order valence-corrected chi connectivity index (χ1v) is 7.10. The van der Waals surface area contributed by atoms with Gasteiger partial charge in [-0.05, 0) is 36.8 Å². The van der Waals surface area contributed by atoms with Crippen molar-refractivity contribution in [2.45, 2.75) is 45.6 Å². The predicted octanol–water partition coefficient (Wildman–Crippen LogP) is 2.15. The number of anilines is 1. The van der Waals surface area contributed by atoms with E-state index >= 15 is 0 Å². The molecule has 3 N–H and O–H groups in total. The van der Waals surface area contributed by atoms with E-state index in [9.17, 15) is 4.79 Å². The molecule has 0 aliphatic heterocycles. The lowest BCUT2D eigenvalue weighted by Crippen LogP contribution is -2.38. The van der Waals surface area contributed by atoms with Crippen molar-refractivity contribution in [1.82, 2.24) is 10.3 Å². The Kier molecular flexibility index (Phi) is 4.40. The van der Waals surface area contributed by atoms with Gasteiger partial charge in [0.15, 0.2) is 0 Å². The molecule has 4 heteroatoms. The first-order valence-electron chi connectivity index (χ1n) is 7.10. The molecule has 0 spiro atoms. The summed E-state index contributed by atoms with van der Waals surface area (Å²) in [4.78, 5) is 16.2. The first-order chi connectivity index (χ1) is 9.10. The molecule has 1 aromatic heterocycles. The van der Waals surface area contributed by atoms with Crippen molar-refractivity contribution in [3.8, 4) is 0 Å². The molecule has 1 fully saturated rings. The van der Waals surface area contributed by atoms with Crippen LogP contribution < -0.4 is 11.1 Å². The zero-order valence-corrected chi connectivity index (χ0v) is 11.7. The molecule has 1 heterocycles. The van der Waals surface area contributed by atoms with Gasteiger partial charge in [0.1, 0.15) is 0 Å². The fourth-order valence-corrected chi connectivity index (χ4v) is 2.99. The Morgan fingerprint density at radius 1 is 1.47 bits per heavy atom. The maximum atomic E-state index is 12.0. The number of hydrogen-bond donors (Lipinski definition) is 2. The zero-order chi connectivity index (χ0) is 13.8. The monoisotopic (exact) mass is 261 g/mol. The normalized spacial score (nSPS) is 26.3. The fraction of sp³-hybridized carbons (Fsp3) is 0.600. The minimum atomic E-state index is 0.0610. The maximum Gasteiger partial charge on any atom is 0.226 e. The largest absolute Gasteiger partial charge is 0.397 e. The van der Waals surface area contributed by atoms with Gasteiger partial charge in [0, 0.05) is 11.7 Å². The number of pyridine rings is 1. The van der Waals surface area contributed by atoms with Gasteiger partial charge in [-0.3, -0.25) is 9.78 Å². The molecular formula is C15H23N3O. The minimum absolute atomic E-state index is 0.0610. The Balaban J connectivity index is 1.86. The number of nitrogens with zero attached hydrogens (tertiary/aromatic N) is 1. The second-order valence-electron chi connectivity index (χ2n) is 5.54. The van der Waals surface area contributed by atoms with Crippen molar-refractivity contribution >= 4 is 11.6 Å². The number of carbonyl (C=O) groups excluding carboxylic acids is 1. The second kappa shape index (κ2) is 6.04. The summed E-state index contributed by atoms with van der Waals surface area (Å²) in [6.45, 7) is 4.47. The molecule has 0 radical (unpaired) electrons. The number of nitrogen functional groups attached to an aromatic ring is 1. The van der Waals surface area contributed by atoms with Gasteiger partial charge < -0.3 is 11.1 Å². The van der Waals surface area contributed by atoms with Crippen molar-refractivity contribution in [1.29, 1.82) is 0 Å². The van der Waals surface area contributed by atoms with Crippen molar-refractivity contribution in [2.24, 2.45) is 11.8 Å². The topological polar surface area (TPSA) is 68.0 Å². The van der Waals surface area contributed by atoms with Gasteiger partial charge in [0.25, 0.3) is 0 Å². The van der Waals surface area contributed by atoms with Gasteiger partial charge in [-0.1, -0.05) is 20.3 Å². The van der Waals surface area contributed by atoms with Crippen molar-refractivity contribution < 1.29 is 4.79 Å². The van der Waals surface area contributed by atoms with Crippen LogP contribution in [-0.4, -0.2) is 16.9 Å². The summed E-state index contributed by atoms with van der Waals surface area (Å²) in [6.07, 6.45) is 5.45. The third kappa shape index (κ3) is 3.46. The average Bonchev–Trinajstić information content (AvgIpc) is 2.73. The number of rotatable bonds is 4. The van der Waals surface area contributed by atoms with Crippen LogP contribution in [0.25, 0.3) is 0 Å². The molecule has 0 saturated heterocycles. The maximum absolute atomic E-state index is 12.0. The van der Waals surface area contributed by atoms with E-state index in [1.807, 2.05) is 6.07 Å². The lowest BCUT2D eigenvalue weighted by molar-refractivity contribution is -0.121. The van der Waals surface area contributed by atoms with Crippen molar-refractivity contribution in [3.05, 3.63) is 24.0 Å². The smallest absolute Gasteiger partial charge is 0.226 e. The predicted molar refractivity (Wildman–Crippen MR) is 76.5 cm³/mol. The number of hydrogen-bond acceptors (Lipinski definition) is 3. The van der Waals surface area contributed by atoms with Gasteiger partial charge in [0.05, 0.1) is 18.3 Å². The van der Waals surface area contributed by atoms with E-state index in [2.05, 4.69) is 24.1 Å². The minimum Gasteiger partial charge on any atom is -0.397 e. The molecule has 1 aliphatic carbocycles. The van der Waals surface area contributed by atoms with Gasteiger partial charge in [-0.15, -0.1) is 0 Å². The number of nitrogens with two attached hydrogens (primary N) is 1. The van der Waals surface area contributed by atoms with Crippen LogP contribution >= 0.6 is 0 Å². The molecule has 3 unspecified atom stereocenters. The molecule has 0 bridgehead atoms. The lowest BCUT2D eigenvalue weighted by Gasteiger charge is -2.20. The van der Waals surface area contributed by atoms with Crippen molar-refractivity contribution in [2.75, 3.05) is 5.73 Å². The molecule has 1 amide bonds. The third-order valence-corrected chi connectivity index (χ3v) is 4.29. The number of carbonyl (C=O) groups is 1. The fourth-order valence-electron chi connectivity index (χ4n) is 2.99. The van der Waals surface area contributed by atoms with E-state index in [1.165, 1.54) is 12.8 Å². The molecule has 104 valence electrons. The molecule has 1 aromatic rings. The summed E-state index contributed by atoms with van der Waals surface area (Å²) in [6, 6.07) is 3.91. The Labute approximate surface area is 114 Å². The number of amides is 1. The summed E-state index contributed by atoms with van der Waals surface area (Å²) < 4.78 is 0. The Bertz CT molecular complexity index is 430. The van der Waals surface area contributed by atoms with E-state index in [4.69, 9.17) is 5.73 Å². The van der Waals surface area contributed by atoms with Gasteiger partial charge in [-0.25, -0.2) is 0 Å². The molecule has 2 rings (SSSR count). The highest BCUT2D eigenvalue weighted by atomic mass is 16.1. The zero-order valence-electron chi connectivity index (χ0n) is 11.7. The Morgan fingerprint density at radius 2 is 2.26 bits per heavy atom. The highest BCUT2D eigenvalue weighted by Crippen LogP contribution is 2.33. The van der Waals surface area contributed by atoms with Crippen LogP contribution in [0.5, 0.6) is 0 Å². The summed E-state index contributed by atoms with van der Waals surface area (Å²) >= 11 is 0. The van der Waals surface area contributed by atoms with Crippen LogP contribution in [0.4, 0.5) is 5.69 Å². The van der Waals surface area contributed by atoms with E-state index < -0.39 is 0 Å². The van der Waals surface area contributed by atoms with E-state index in [0.29, 0.717) is 24.1 Å². The standard InChI is InChI=1S/C15H23N3O/c1-3-11-4-7-14(10(11)2)18-15(19)8-13-6-5-12(16)9-17-13/h5-6,9-11,14H,3-4,7-8,16H2,1-2H3,(H,18,19). The Hall–Kier alpha value is -1.58. The quantitative estimate of drug-likeness (QED) is 0.872. The highest BCUT2D eigenvalue weighted by molar-refractivity contribution is 5.78. The number of aromatic nitrogens is 1. The summed E-state index contributed by atoms with van der Waals surface area (Å²) in [7, 11) is 0. The molecule has 19 heavy (non-hydrogen) atoms. The second-order valence-corrected chi connectivity index (χ2v) is 5.54. The Morgan fingerprint density at radius 3 is 2.84 bits per heavy atom. The summed E-state index contributed by atoms with van der Waals surface area (Å²) in [5.41, 5.74) is 6.97. The van der Waals surface area contributed by atoms with Gasteiger partial charge in [0.2, 0.25) is 5.91 Å². The molecule has 1 aliphatic rings. The van der Waals surface area contributed by atoms with Crippen LogP contribution in [-0.2, 0) is 11.2 Å². The third-order valence-electron chi connectivity index (χ3n) is 4.29. The van der Waals surface area contributed by atoms with E-state index in [0.717, 1.165) is 18.0 Å². The molecule has 0 aromatic carbocycles. The number of nitrogens with one attached hydrogen (secondary N) is 1. The highest BCUT2D eigenvalue weighted by Gasteiger charge is 2.32. The van der Waals surface area contributed by atoms with Gasteiger partial charge in [-0.2, -0.15) is 0 Å². The van der Waals surface area contributed by atoms with Crippen LogP contribution in [0.2, 0.25) is 0 Å². The molecule has 4 nitrogen and oxygen atoms in total. The van der Waals surface area contributed by atoms with Crippen LogP contribution in [0.3, 0.4) is 0 Å². The average molecular weight is 261 g/mol. The molecular weight excluding hydrogens is 238 g/mol. The molecule has 3 atom stereocenters. The van der Waals surface area contributed by atoms with E-state index in [-0.39, 0.29) is 5.91 Å². The summed E-state index contributed by atoms with van der Waals surface area (Å²) in [5.74, 6) is 1.39. The molecule has 1 saturated carbocycles. The van der Waals surface area contributed by atoms with Gasteiger partial charge >= 0.3 is 0 Å². The lowest BCUT2D eigenvalue weighted by atomic mass is 9.93. The van der Waals surface area contributed by atoms with Crippen LogP contribution in [0.15, 0.2) is 18.3 Å². The van der Waals surface area contributed by atoms with E-state index in [1.54, 1.807) is 12.3 Å². The SMILES string of the molecule is CCC1CCC(NC(=O)Cc2ccc(N)cn2)C1C. The van der Waals surface area contributed by atoms with Crippen molar-refractivity contribution in [3.63, 3.8) is 0 Å². The van der Waals surface area contributed by atoms with Crippen LogP contribution in [0.1, 0.15) is 38.8 Å². The summed E-state index contributed by atoms with van der Waals surface area (Å²) in [5, 5.41) is 3.15.